The highest BCUT2D eigenvalue weighted by Gasteiger charge is 2.36. The van der Waals surface area contributed by atoms with Crippen molar-refractivity contribution in [2.45, 2.75) is 77.4 Å². The number of halogens is 1. The van der Waals surface area contributed by atoms with E-state index in [9.17, 15) is 24.2 Å². The van der Waals surface area contributed by atoms with Crippen molar-refractivity contribution in [2.24, 2.45) is 5.41 Å². The number of ketones is 1. The lowest BCUT2D eigenvalue weighted by atomic mass is 9.83. The van der Waals surface area contributed by atoms with Gasteiger partial charge in [0.1, 0.15) is 17.5 Å². The van der Waals surface area contributed by atoms with Crippen molar-refractivity contribution in [3.63, 3.8) is 0 Å². The van der Waals surface area contributed by atoms with Crippen LogP contribution in [0.3, 0.4) is 0 Å². The third-order valence-electron chi connectivity index (χ3n) is 5.47. The van der Waals surface area contributed by atoms with Gasteiger partial charge in [0.05, 0.1) is 13.3 Å². The number of alkyl halides is 1. The van der Waals surface area contributed by atoms with Crippen LogP contribution in [0.4, 0.5) is 4.39 Å². The standard InChI is InChI=1S/C23H36FN3O4/c1-18(29)22(4,10-11-23(31,16-28)9-7-5-6-8-12-24)27-20(30)21(2,3)13-19-14-25-17-26-15-19/h10-11,14-15,17,28,31H,5-9,12-13,16H2,1-4H3,(H,27,30)/b11-10+. The van der Waals surface area contributed by atoms with Gasteiger partial charge in [0.15, 0.2) is 5.78 Å². The maximum absolute atomic E-state index is 13.0. The van der Waals surface area contributed by atoms with Gasteiger partial charge in [0.2, 0.25) is 5.91 Å². The fraction of sp³-hybridized carbons (Fsp3) is 0.652. The molecule has 174 valence electrons. The van der Waals surface area contributed by atoms with Gasteiger partial charge >= 0.3 is 0 Å². The summed E-state index contributed by atoms with van der Waals surface area (Å²) in [6.45, 7) is 5.56. The molecule has 0 aliphatic rings. The van der Waals surface area contributed by atoms with Gasteiger partial charge in [-0.3, -0.25) is 14.0 Å². The van der Waals surface area contributed by atoms with Gasteiger partial charge in [0, 0.05) is 17.8 Å². The van der Waals surface area contributed by atoms with Crippen molar-refractivity contribution in [1.82, 2.24) is 15.3 Å². The SMILES string of the molecule is CC(=O)C(C)(/C=C/C(O)(CO)CCCCCCF)NC(=O)C(C)(C)Cc1cncnc1. The number of aliphatic hydroxyl groups excluding tert-OH is 1. The lowest BCUT2D eigenvalue weighted by Gasteiger charge is -2.32. The molecule has 0 aromatic carbocycles. The zero-order chi connectivity index (χ0) is 23.5. The number of hydrogen-bond acceptors (Lipinski definition) is 6. The molecule has 0 fully saturated rings. The highest BCUT2D eigenvalue weighted by Crippen LogP contribution is 2.24. The number of aromatic nitrogens is 2. The molecule has 31 heavy (non-hydrogen) atoms. The van der Waals surface area contributed by atoms with Crippen LogP contribution in [-0.4, -0.2) is 56.3 Å². The molecule has 1 aromatic rings. The van der Waals surface area contributed by atoms with E-state index in [1.165, 1.54) is 25.4 Å². The fourth-order valence-electron chi connectivity index (χ4n) is 3.08. The van der Waals surface area contributed by atoms with E-state index in [2.05, 4.69) is 15.3 Å². The van der Waals surface area contributed by atoms with Gasteiger partial charge in [-0.15, -0.1) is 0 Å². The maximum Gasteiger partial charge on any atom is 0.227 e. The first kappa shape index (κ1) is 26.8. The molecular formula is C23H36FN3O4. The Kier molecular flexibility index (Phi) is 10.4. The molecule has 0 spiro atoms. The summed E-state index contributed by atoms with van der Waals surface area (Å²) in [6.07, 6.45) is 10.7. The van der Waals surface area contributed by atoms with E-state index in [1.807, 2.05) is 0 Å². The van der Waals surface area contributed by atoms with E-state index in [1.54, 1.807) is 33.2 Å². The summed E-state index contributed by atoms with van der Waals surface area (Å²) in [5.41, 5.74) is -2.91. The summed E-state index contributed by atoms with van der Waals surface area (Å²) in [5, 5.41) is 23.1. The molecule has 8 heteroatoms. The number of aliphatic hydroxyl groups is 2. The summed E-state index contributed by atoms with van der Waals surface area (Å²) in [4.78, 5) is 33.3. The van der Waals surface area contributed by atoms with Crippen molar-refractivity contribution >= 4 is 11.7 Å². The quantitative estimate of drug-likeness (QED) is 0.305. The van der Waals surface area contributed by atoms with Crippen LogP contribution >= 0.6 is 0 Å². The second-order valence-electron chi connectivity index (χ2n) is 8.97. The number of unbranched alkanes of at least 4 members (excludes halogenated alkanes) is 3. The first-order chi connectivity index (χ1) is 14.5. The number of hydrogen-bond donors (Lipinski definition) is 3. The predicted molar refractivity (Wildman–Crippen MR) is 117 cm³/mol. The minimum absolute atomic E-state index is 0.272. The Morgan fingerprint density at radius 1 is 1.10 bits per heavy atom. The average molecular weight is 438 g/mol. The van der Waals surface area contributed by atoms with Crippen molar-refractivity contribution in [3.8, 4) is 0 Å². The lowest BCUT2D eigenvalue weighted by molar-refractivity contribution is -0.134. The highest BCUT2D eigenvalue weighted by molar-refractivity contribution is 5.94. The zero-order valence-electron chi connectivity index (χ0n) is 19.0. The van der Waals surface area contributed by atoms with Gasteiger partial charge in [-0.25, -0.2) is 9.97 Å². The molecule has 2 atom stereocenters. The van der Waals surface area contributed by atoms with Crippen molar-refractivity contribution in [3.05, 3.63) is 36.4 Å². The summed E-state index contributed by atoms with van der Waals surface area (Å²) >= 11 is 0. The van der Waals surface area contributed by atoms with E-state index >= 15 is 0 Å². The lowest BCUT2D eigenvalue weighted by Crippen LogP contribution is -2.54. The Labute approximate surface area is 184 Å². The monoisotopic (exact) mass is 437 g/mol. The average Bonchev–Trinajstić information content (AvgIpc) is 2.72. The predicted octanol–water partition coefficient (Wildman–Crippen LogP) is 2.71. The van der Waals surface area contributed by atoms with Crippen LogP contribution in [0.15, 0.2) is 30.9 Å². The van der Waals surface area contributed by atoms with Gasteiger partial charge < -0.3 is 15.5 Å². The highest BCUT2D eigenvalue weighted by atomic mass is 19.1. The molecule has 0 aliphatic heterocycles. The van der Waals surface area contributed by atoms with Crippen LogP contribution in [0, 0.1) is 5.41 Å². The Morgan fingerprint density at radius 2 is 1.71 bits per heavy atom. The van der Waals surface area contributed by atoms with Crippen LogP contribution in [0.1, 0.15) is 65.4 Å². The van der Waals surface area contributed by atoms with E-state index in [0.29, 0.717) is 25.7 Å². The molecule has 1 rings (SSSR count). The minimum Gasteiger partial charge on any atom is -0.393 e. The van der Waals surface area contributed by atoms with E-state index < -0.39 is 23.2 Å². The van der Waals surface area contributed by atoms with Crippen molar-refractivity contribution in [2.75, 3.05) is 13.3 Å². The largest absolute Gasteiger partial charge is 0.393 e. The molecule has 3 N–H and O–H groups in total. The molecular weight excluding hydrogens is 401 g/mol. The number of carbonyl (C=O) groups excluding carboxylic acids is 2. The van der Waals surface area contributed by atoms with Crippen molar-refractivity contribution in [1.29, 1.82) is 0 Å². The number of rotatable bonds is 14. The van der Waals surface area contributed by atoms with Crippen LogP contribution in [0.25, 0.3) is 0 Å². The molecule has 7 nitrogen and oxygen atoms in total. The second kappa shape index (κ2) is 12.0. The number of Topliss-reactive ketones (excluding diaryl/α,β-unsaturated/α-hetero) is 1. The van der Waals surface area contributed by atoms with E-state index in [4.69, 9.17) is 0 Å². The van der Waals surface area contributed by atoms with E-state index in [-0.39, 0.29) is 24.8 Å². The summed E-state index contributed by atoms with van der Waals surface area (Å²) in [6, 6.07) is 0. The molecule has 0 saturated heterocycles. The Balaban J connectivity index is 2.88. The van der Waals surface area contributed by atoms with Gasteiger partial charge in [0.25, 0.3) is 0 Å². The van der Waals surface area contributed by atoms with Crippen LogP contribution in [0.2, 0.25) is 0 Å². The third kappa shape index (κ3) is 8.83. The molecule has 2 unspecified atom stereocenters. The Hall–Kier alpha value is -2.19. The van der Waals surface area contributed by atoms with Gasteiger partial charge in [-0.2, -0.15) is 0 Å². The first-order valence-corrected chi connectivity index (χ1v) is 10.7. The summed E-state index contributed by atoms with van der Waals surface area (Å²) in [5.74, 6) is -0.642. The number of carbonyl (C=O) groups is 2. The molecule has 0 saturated carbocycles. The fourth-order valence-corrected chi connectivity index (χ4v) is 3.08. The third-order valence-corrected chi connectivity index (χ3v) is 5.47. The normalized spacial score (nSPS) is 16.0. The second-order valence-corrected chi connectivity index (χ2v) is 8.97. The molecule has 0 radical (unpaired) electrons. The zero-order valence-corrected chi connectivity index (χ0v) is 19.0. The molecule has 0 aliphatic carbocycles. The minimum atomic E-state index is -1.52. The molecule has 1 heterocycles. The molecule has 1 amide bonds. The van der Waals surface area contributed by atoms with Gasteiger partial charge in [-0.05, 0) is 38.7 Å². The Bertz CT molecular complexity index is 742. The maximum atomic E-state index is 13.0. The van der Waals surface area contributed by atoms with E-state index in [0.717, 1.165) is 12.0 Å². The van der Waals surface area contributed by atoms with Crippen molar-refractivity contribution < 1.29 is 24.2 Å². The molecule has 0 bridgehead atoms. The number of nitrogens with one attached hydrogen (secondary N) is 1. The smallest absolute Gasteiger partial charge is 0.227 e. The Morgan fingerprint density at radius 3 is 2.26 bits per heavy atom. The summed E-state index contributed by atoms with van der Waals surface area (Å²) < 4.78 is 12.2. The van der Waals surface area contributed by atoms with Gasteiger partial charge in [-0.1, -0.05) is 45.3 Å². The summed E-state index contributed by atoms with van der Waals surface area (Å²) in [7, 11) is 0. The molecule has 1 aromatic heterocycles. The first-order valence-electron chi connectivity index (χ1n) is 10.7. The number of nitrogens with zero attached hydrogens (tertiary/aromatic N) is 2. The van der Waals surface area contributed by atoms with Crippen LogP contribution < -0.4 is 5.32 Å². The van der Waals surface area contributed by atoms with Crippen LogP contribution in [-0.2, 0) is 16.0 Å². The topological polar surface area (TPSA) is 112 Å². The number of amides is 1. The van der Waals surface area contributed by atoms with Crippen LogP contribution in [0.5, 0.6) is 0 Å².